The van der Waals surface area contributed by atoms with Crippen molar-refractivity contribution in [1.82, 2.24) is 42.5 Å². The lowest BCUT2D eigenvalue weighted by Crippen LogP contribution is -2.62. The predicted molar refractivity (Wildman–Crippen MR) is 314 cm³/mol. The van der Waals surface area contributed by atoms with E-state index in [0.29, 0.717) is 29.5 Å². The molecule has 0 aliphatic rings. The average Bonchev–Trinajstić information content (AvgIpc) is 3.44. The van der Waals surface area contributed by atoms with Crippen LogP contribution in [0.3, 0.4) is 0 Å². The number of nitrogens with zero attached hydrogens (tertiary/aromatic N) is 1. The maximum atomic E-state index is 14.8. The van der Waals surface area contributed by atoms with Crippen molar-refractivity contribution in [2.45, 2.75) is 159 Å². The van der Waals surface area contributed by atoms with Crippen molar-refractivity contribution >= 4 is 65.2 Å². The summed E-state index contributed by atoms with van der Waals surface area (Å²) in [5, 5.41) is 60.3. The second kappa shape index (κ2) is 36.1. The molecule has 0 aliphatic carbocycles. The Morgan fingerprint density at radius 2 is 0.918 bits per heavy atom. The molecule has 85 heavy (non-hydrogen) atoms. The summed E-state index contributed by atoms with van der Waals surface area (Å²) in [5.74, 6) is -11.4. The number of aromatic hydroxyl groups is 1. The molecule has 3 aromatic carbocycles. The lowest BCUT2D eigenvalue weighted by atomic mass is 10.00. The summed E-state index contributed by atoms with van der Waals surface area (Å²) in [4.78, 5) is 141. The third-order valence-corrected chi connectivity index (χ3v) is 13.4. The van der Waals surface area contributed by atoms with Gasteiger partial charge in [-0.2, -0.15) is 0 Å². The van der Waals surface area contributed by atoms with E-state index in [0.717, 1.165) is 0 Å². The molecule has 0 spiro atoms. The fraction of sp³-hybridized carbons (Fsp3) is 0.500. The molecule has 10 atom stereocenters. The molecule has 0 bridgehead atoms. The summed E-state index contributed by atoms with van der Waals surface area (Å²) in [6.45, 7) is 8.07. The molecular formula is C58H85N13O14. The molecule has 0 unspecified atom stereocenters. The van der Waals surface area contributed by atoms with Crippen molar-refractivity contribution in [3.8, 4) is 5.75 Å². The molecule has 0 saturated heterocycles. The SMILES string of the molecule is CC(C)C[C@H](NC(=O)[C@@H](NC(=O)[C@H](CCCCN)NC(=O)[C@H](Cc1ccccc1)NC(=O)[C@H](Cc1ccccc1)NC(=O)[C@H](CCCN=C(N)N)NC(=O)[C@H](CC(=O)O)NC(=O)[C@@H](NC(=O)[C@@H](N)Cc1ccc(O)cc1)C(C)C)[C@@H](C)O)C(=O)O. The van der Waals surface area contributed by atoms with Gasteiger partial charge in [0.1, 0.15) is 54.1 Å². The number of carbonyl (C=O) groups excluding carboxylic acids is 8. The predicted octanol–water partition coefficient (Wildman–Crippen LogP) is -1.55. The standard InChI is InChI=1S/C58H85N13O14/c1-32(2)27-45(57(84)85)69-56(83)48(34(5)72)71-51(78)40(19-12-13-25-59)64-52(79)42(29-35-15-8-6-9-16-35)67-53(80)43(30-36-17-10-7-11-18-36)66-50(77)41(20-14-26-63-58(61)62)65-54(81)44(31-46(74)75)68-55(82)47(33(3)4)70-49(76)39(60)28-37-21-23-38(73)24-22-37/h6-11,15-18,21-24,32-34,39-45,47-48,72-73H,12-14,19-20,25-31,59-60H2,1-5H3,(H,64,79)(H,65,81)(H,66,77)(H,67,80)(H,68,82)(H,69,83)(H,70,76)(H,71,78)(H,74,75)(H,84,85)(H4,61,62,63)/t34-,39+,40+,41+,42+,43+,44+,45+,47+,48+/m1/s1. The Morgan fingerprint density at radius 3 is 1.38 bits per heavy atom. The number of amides is 8. The van der Waals surface area contributed by atoms with Crippen LogP contribution in [0.1, 0.15) is 96.3 Å². The van der Waals surface area contributed by atoms with E-state index in [4.69, 9.17) is 22.9 Å². The van der Waals surface area contributed by atoms with Gasteiger partial charge < -0.3 is 85.9 Å². The molecule has 466 valence electrons. The van der Waals surface area contributed by atoms with Crippen molar-refractivity contribution in [3.05, 3.63) is 102 Å². The first-order valence-corrected chi connectivity index (χ1v) is 28.1. The summed E-state index contributed by atoms with van der Waals surface area (Å²) >= 11 is 0. The van der Waals surface area contributed by atoms with Crippen molar-refractivity contribution in [1.29, 1.82) is 0 Å². The van der Waals surface area contributed by atoms with E-state index >= 15 is 0 Å². The third kappa shape index (κ3) is 25.8. The first-order valence-electron chi connectivity index (χ1n) is 28.1. The number of benzene rings is 3. The monoisotopic (exact) mass is 1190 g/mol. The molecule has 8 amide bonds. The fourth-order valence-corrected chi connectivity index (χ4v) is 8.77. The molecule has 0 fully saturated rings. The number of carboxylic acid groups (broad SMARTS) is 2. The smallest absolute Gasteiger partial charge is 0.326 e. The van der Waals surface area contributed by atoms with Crippen LogP contribution in [0.5, 0.6) is 5.75 Å². The van der Waals surface area contributed by atoms with E-state index in [1.807, 2.05) is 0 Å². The van der Waals surface area contributed by atoms with Crippen LogP contribution in [-0.4, -0.2) is 159 Å². The quantitative estimate of drug-likeness (QED) is 0.0177. The van der Waals surface area contributed by atoms with Gasteiger partial charge in [-0.25, -0.2) is 4.79 Å². The summed E-state index contributed by atoms with van der Waals surface area (Å²) < 4.78 is 0. The Kier molecular flexibility index (Phi) is 30.0. The van der Waals surface area contributed by atoms with E-state index in [1.165, 1.54) is 19.1 Å². The zero-order chi connectivity index (χ0) is 63.3. The number of phenols is 1. The average molecular weight is 1190 g/mol. The van der Waals surface area contributed by atoms with Crippen LogP contribution < -0.4 is 65.5 Å². The molecule has 20 N–H and O–H groups in total. The second-order valence-electron chi connectivity index (χ2n) is 21.5. The van der Waals surface area contributed by atoms with Gasteiger partial charge in [-0.15, -0.1) is 0 Å². The van der Waals surface area contributed by atoms with Crippen molar-refractivity contribution in [2.24, 2.45) is 39.8 Å². The summed E-state index contributed by atoms with van der Waals surface area (Å²) in [7, 11) is 0. The number of guanidine groups is 1. The Bertz CT molecular complexity index is 2710. The van der Waals surface area contributed by atoms with Crippen LogP contribution in [0.25, 0.3) is 0 Å². The normalized spacial score (nSPS) is 14.7. The van der Waals surface area contributed by atoms with Gasteiger partial charge in [-0.05, 0) is 99.1 Å². The Morgan fingerprint density at radius 1 is 0.494 bits per heavy atom. The van der Waals surface area contributed by atoms with Crippen LogP contribution in [-0.2, 0) is 67.2 Å². The van der Waals surface area contributed by atoms with Crippen molar-refractivity contribution in [3.63, 3.8) is 0 Å². The van der Waals surface area contributed by atoms with Gasteiger partial charge in [-0.1, -0.05) is 100 Å². The van der Waals surface area contributed by atoms with Gasteiger partial charge >= 0.3 is 11.9 Å². The number of aliphatic imine (C=N–C) groups is 1. The maximum Gasteiger partial charge on any atom is 0.326 e. The van der Waals surface area contributed by atoms with Crippen LogP contribution in [0.4, 0.5) is 0 Å². The largest absolute Gasteiger partial charge is 0.508 e. The fourth-order valence-electron chi connectivity index (χ4n) is 8.77. The molecular weight excluding hydrogens is 1100 g/mol. The van der Waals surface area contributed by atoms with E-state index in [-0.39, 0.29) is 75.7 Å². The number of aliphatic carboxylic acids is 2. The number of carboxylic acids is 2. The topological polar surface area (TPSA) is 464 Å². The lowest BCUT2D eigenvalue weighted by Gasteiger charge is -2.29. The Hall–Kier alpha value is -8.69. The van der Waals surface area contributed by atoms with Gasteiger partial charge in [0.05, 0.1) is 18.6 Å². The highest BCUT2D eigenvalue weighted by Crippen LogP contribution is 2.15. The molecule has 3 rings (SSSR count). The minimum absolute atomic E-state index is 0.000260. The van der Waals surface area contributed by atoms with E-state index in [9.17, 15) is 68.4 Å². The maximum absolute atomic E-state index is 14.8. The highest BCUT2D eigenvalue weighted by Gasteiger charge is 2.37. The molecule has 3 aromatic rings. The molecule has 27 nitrogen and oxygen atoms in total. The first-order chi connectivity index (χ1) is 40.2. The zero-order valence-electron chi connectivity index (χ0n) is 48.6. The number of phenolic OH excluding ortho intramolecular Hbond substituents is 1. The number of aliphatic hydroxyl groups excluding tert-OH is 1. The number of unbranched alkanes of at least 4 members (excludes halogenated alkanes) is 1. The van der Waals surface area contributed by atoms with Crippen molar-refractivity contribution < 1.29 is 68.4 Å². The summed E-state index contributed by atoms with van der Waals surface area (Å²) in [6, 6.07) is 9.58. The number of carbonyl (C=O) groups is 10. The lowest BCUT2D eigenvalue weighted by molar-refractivity contribution is -0.143. The van der Waals surface area contributed by atoms with Gasteiger partial charge in [0.15, 0.2) is 5.96 Å². The molecule has 0 aliphatic heterocycles. The van der Waals surface area contributed by atoms with E-state index in [1.54, 1.807) is 100 Å². The van der Waals surface area contributed by atoms with Gasteiger partial charge in [0, 0.05) is 19.4 Å². The van der Waals surface area contributed by atoms with Crippen molar-refractivity contribution in [2.75, 3.05) is 13.1 Å². The van der Waals surface area contributed by atoms with E-state index in [2.05, 4.69) is 47.5 Å². The number of hydrogen-bond donors (Lipinski definition) is 16. The highest BCUT2D eigenvalue weighted by molar-refractivity contribution is 5.99. The Labute approximate surface area is 494 Å². The minimum atomic E-state index is -1.84. The van der Waals surface area contributed by atoms with Crippen LogP contribution in [0.15, 0.2) is 89.9 Å². The van der Waals surface area contributed by atoms with E-state index < -0.39 is 132 Å². The van der Waals surface area contributed by atoms with Crippen LogP contribution in [0.2, 0.25) is 0 Å². The third-order valence-electron chi connectivity index (χ3n) is 13.4. The first kappa shape index (κ1) is 70.6. The zero-order valence-corrected chi connectivity index (χ0v) is 48.6. The van der Waals surface area contributed by atoms with Crippen LogP contribution in [0, 0.1) is 11.8 Å². The van der Waals surface area contributed by atoms with Crippen LogP contribution >= 0.6 is 0 Å². The molecule has 0 saturated carbocycles. The Balaban J connectivity index is 2.00. The number of nitrogens with one attached hydrogen (secondary N) is 8. The molecule has 0 radical (unpaired) electrons. The summed E-state index contributed by atoms with van der Waals surface area (Å²) in [5.41, 5.74) is 24.7. The molecule has 27 heteroatoms. The van der Waals surface area contributed by atoms with Gasteiger partial charge in [0.2, 0.25) is 47.3 Å². The minimum Gasteiger partial charge on any atom is -0.508 e. The number of rotatable bonds is 37. The van der Waals surface area contributed by atoms with Gasteiger partial charge in [0.25, 0.3) is 0 Å². The number of aliphatic hydroxyl groups is 1. The molecule has 0 heterocycles. The number of hydrogen-bond acceptors (Lipinski definition) is 15. The highest BCUT2D eigenvalue weighted by atomic mass is 16.4. The molecule has 0 aromatic heterocycles. The second-order valence-corrected chi connectivity index (χ2v) is 21.5. The summed E-state index contributed by atoms with van der Waals surface area (Å²) in [6.07, 6.45) is -2.32. The van der Waals surface area contributed by atoms with Gasteiger partial charge in [-0.3, -0.25) is 48.1 Å². The number of nitrogens with two attached hydrogens (primary N) is 4.